The molecule has 0 aliphatic carbocycles. The first-order chi connectivity index (χ1) is 11.5. The molecule has 0 aliphatic rings. The molecule has 1 amide bonds. The van der Waals surface area contributed by atoms with Crippen molar-refractivity contribution in [2.75, 3.05) is 13.7 Å². The van der Waals surface area contributed by atoms with Crippen LogP contribution in [0.25, 0.3) is 0 Å². The molecule has 2 aromatic carbocycles. The predicted octanol–water partition coefficient (Wildman–Crippen LogP) is 3.68. The van der Waals surface area contributed by atoms with E-state index in [9.17, 15) is 14.0 Å². The van der Waals surface area contributed by atoms with Gasteiger partial charge in [0.15, 0.2) is 0 Å². The monoisotopic (exact) mass is 349 g/mol. The molecule has 0 bridgehead atoms. The van der Waals surface area contributed by atoms with Crippen LogP contribution in [0.1, 0.15) is 22.3 Å². The maximum Gasteiger partial charge on any atom is 0.307 e. The third kappa shape index (κ3) is 5.06. The van der Waals surface area contributed by atoms with Crippen LogP contribution in [0, 0.1) is 5.82 Å². The molecule has 126 valence electrons. The summed E-state index contributed by atoms with van der Waals surface area (Å²) in [6.07, 6.45) is 0.0734. The quantitative estimate of drug-likeness (QED) is 0.747. The minimum atomic E-state index is -0.405. The summed E-state index contributed by atoms with van der Waals surface area (Å²) >= 11 is 5.93. The molecular formula is C18H17ClFNO3. The normalized spacial score (nSPS) is 10.3. The highest BCUT2D eigenvalue weighted by Gasteiger charge is 2.18. The van der Waals surface area contributed by atoms with E-state index in [0.717, 1.165) is 5.56 Å². The molecule has 0 fully saturated rings. The second kappa shape index (κ2) is 8.45. The van der Waals surface area contributed by atoms with E-state index < -0.39 is 5.97 Å². The van der Waals surface area contributed by atoms with Crippen molar-refractivity contribution < 1.29 is 18.7 Å². The van der Waals surface area contributed by atoms with E-state index in [-0.39, 0.29) is 31.2 Å². The Morgan fingerprint density at radius 2 is 1.88 bits per heavy atom. The van der Waals surface area contributed by atoms with E-state index in [1.54, 1.807) is 36.4 Å². The van der Waals surface area contributed by atoms with Crippen molar-refractivity contribution in [1.29, 1.82) is 0 Å². The molecule has 0 atom stereocenters. The molecule has 0 aromatic heterocycles. The van der Waals surface area contributed by atoms with Gasteiger partial charge in [0.1, 0.15) is 5.82 Å². The molecule has 24 heavy (non-hydrogen) atoms. The molecule has 0 spiro atoms. The second-order valence-electron chi connectivity index (χ2n) is 5.19. The summed E-state index contributed by atoms with van der Waals surface area (Å²) in [4.78, 5) is 25.6. The molecule has 4 nitrogen and oxygen atoms in total. The number of carbonyl (C=O) groups is 2. The summed E-state index contributed by atoms with van der Waals surface area (Å²) in [6.45, 7) is 0.442. The van der Waals surface area contributed by atoms with Crippen LogP contribution >= 0.6 is 11.6 Å². The summed E-state index contributed by atoms with van der Waals surface area (Å²) in [5.41, 5.74) is 1.19. The fraction of sp³-hybridized carbons (Fsp3) is 0.222. The van der Waals surface area contributed by atoms with Crippen LogP contribution in [-0.2, 0) is 16.1 Å². The number of halogens is 2. The van der Waals surface area contributed by atoms with Gasteiger partial charge in [-0.25, -0.2) is 4.39 Å². The van der Waals surface area contributed by atoms with E-state index in [1.165, 1.54) is 24.1 Å². The molecule has 0 radical (unpaired) electrons. The summed E-state index contributed by atoms with van der Waals surface area (Å²) < 4.78 is 17.7. The number of carbonyl (C=O) groups excluding carboxylic acids is 2. The van der Waals surface area contributed by atoms with Crippen LogP contribution in [-0.4, -0.2) is 30.4 Å². The van der Waals surface area contributed by atoms with Crippen molar-refractivity contribution in [3.63, 3.8) is 0 Å². The third-order valence-corrected chi connectivity index (χ3v) is 3.69. The van der Waals surface area contributed by atoms with Crippen molar-refractivity contribution in [3.8, 4) is 0 Å². The lowest BCUT2D eigenvalue weighted by Gasteiger charge is -2.22. The largest absolute Gasteiger partial charge is 0.469 e. The topological polar surface area (TPSA) is 46.6 Å². The van der Waals surface area contributed by atoms with Gasteiger partial charge in [0, 0.05) is 23.7 Å². The molecule has 6 heteroatoms. The maximum absolute atomic E-state index is 13.0. The average molecular weight is 350 g/mol. The summed E-state index contributed by atoms with van der Waals surface area (Å²) in [6, 6.07) is 12.5. The fourth-order valence-electron chi connectivity index (χ4n) is 2.20. The molecule has 0 saturated carbocycles. The van der Waals surface area contributed by atoms with Crippen molar-refractivity contribution in [2.24, 2.45) is 0 Å². The van der Waals surface area contributed by atoms with Crippen LogP contribution in [0.15, 0.2) is 48.5 Å². The Morgan fingerprint density at radius 1 is 1.17 bits per heavy atom. The van der Waals surface area contributed by atoms with Gasteiger partial charge in [-0.15, -0.1) is 0 Å². The van der Waals surface area contributed by atoms with Gasteiger partial charge in [0.05, 0.1) is 13.5 Å². The zero-order valence-electron chi connectivity index (χ0n) is 13.2. The van der Waals surface area contributed by atoms with E-state index in [1.807, 2.05) is 0 Å². The molecular weight excluding hydrogens is 333 g/mol. The highest BCUT2D eigenvalue weighted by molar-refractivity contribution is 6.30. The van der Waals surface area contributed by atoms with Gasteiger partial charge in [-0.05, 0) is 35.9 Å². The first kappa shape index (κ1) is 17.9. The predicted molar refractivity (Wildman–Crippen MR) is 89.2 cm³/mol. The Hall–Kier alpha value is -2.40. The molecule has 0 heterocycles. The third-order valence-electron chi connectivity index (χ3n) is 3.46. The minimum absolute atomic E-state index is 0.0734. The molecule has 0 saturated heterocycles. The van der Waals surface area contributed by atoms with Gasteiger partial charge in [-0.1, -0.05) is 29.8 Å². The first-order valence-corrected chi connectivity index (χ1v) is 7.73. The van der Waals surface area contributed by atoms with E-state index in [2.05, 4.69) is 4.74 Å². The maximum atomic E-state index is 13.0. The zero-order valence-corrected chi connectivity index (χ0v) is 13.9. The highest BCUT2D eigenvalue weighted by Crippen LogP contribution is 2.15. The van der Waals surface area contributed by atoms with Crippen LogP contribution in [0.3, 0.4) is 0 Å². The standard InChI is InChI=1S/C18H17ClFNO3/c1-24-17(22)9-10-21(12-13-5-7-16(20)8-6-13)18(23)14-3-2-4-15(19)11-14/h2-8,11H,9-10,12H2,1H3. The van der Waals surface area contributed by atoms with E-state index in [4.69, 9.17) is 11.6 Å². The van der Waals surface area contributed by atoms with Crippen molar-refractivity contribution in [2.45, 2.75) is 13.0 Å². The average Bonchev–Trinajstić information content (AvgIpc) is 2.59. The van der Waals surface area contributed by atoms with Gasteiger partial charge in [0.2, 0.25) is 0 Å². The number of methoxy groups -OCH3 is 1. The summed E-state index contributed by atoms with van der Waals surface area (Å²) in [7, 11) is 1.30. The van der Waals surface area contributed by atoms with Crippen LogP contribution in [0.2, 0.25) is 5.02 Å². The van der Waals surface area contributed by atoms with Gasteiger partial charge in [-0.3, -0.25) is 9.59 Å². The summed E-state index contributed by atoms with van der Waals surface area (Å²) in [5.74, 6) is -1.01. The molecule has 0 N–H and O–H groups in total. The van der Waals surface area contributed by atoms with Crippen molar-refractivity contribution in [3.05, 3.63) is 70.5 Å². The molecule has 2 aromatic rings. The molecule has 0 unspecified atom stereocenters. The van der Waals surface area contributed by atoms with Gasteiger partial charge >= 0.3 is 5.97 Å². The summed E-state index contributed by atoms with van der Waals surface area (Å²) in [5, 5.41) is 0.454. The van der Waals surface area contributed by atoms with Crippen LogP contribution in [0.4, 0.5) is 4.39 Å². The Bertz CT molecular complexity index is 718. The lowest BCUT2D eigenvalue weighted by molar-refractivity contribution is -0.140. The number of esters is 1. The van der Waals surface area contributed by atoms with Crippen molar-refractivity contribution >= 4 is 23.5 Å². The van der Waals surface area contributed by atoms with E-state index >= 15 is 0 Å². The lowest BCUT2D eigenvalue weighted by Crippen LogP contribution is -2.32. The van der Waals surface area contributed by atoms with Gasteiger partial charge in [-0.2, -0.15) is 0 Å². The number of amides is 1. The van der Waals surface area contributed by atoms with E-state index in [0.29, 0.717) is 10.6 Å². The number of hydrogen-bond donors (Lipinski definition) is 0. The second-order valence-corrected chi connectivity index (χ2v) is 5.63. The number of rotatable bonds is 6. The zero-order chi connectivity index (χ0) is 17.5. The molecule has 0 aliphatic heterocycles. The number of hydrogen-bond acceptors (Lipinski definition) is 3. The SMILES string of the molecule is COC(=O)CCN(Cc1ccc(F)cc1)C(=O)c1cccc(Cl)c1. The van der Waals surface area contributed by atoms with Gasteiger partial charge < -0.3 is 9.64 Å². The Morgan fingerprint density at radius 3 is 2.50 bits per heavy atom. The Kier molecular flexibility index (Phi) is 6.32. The smallest absolute Gasteiger partial charge is 0.307 e. The van der Waals surface area contributed by atoms with Crippen molar-refractivity contribution in [1.82, 2.24) is 4.90 Å². The fourth-order valence-corrected chi connectivity index (χ4v) is 2.39. The number of benzene rings is 2. The highest BCUT2D eigenvalue weighted by atomic mass is 35.5. The molecule has 2 rings (SSSR count). The Balaban J connectivity index is 2.19. The minimum Gasteiger partial charge on any atom is -0.469 e. The lowest BCUT2D eigenvalue weighted by atomic mass is 10.1. The number of ether oxygens (including phenoxy) is 1. The van der Waals surface area contributed by atoms with Crippen LogP contribution < -0.4 is 0 Å². The number of nitrogens with zero attached hydrogens (tertiary/aromatic N) is 1. The first-order valence-electron chi connectivity index (χ1n) is 7.35. The Labute approximate surface area is 144 Å². The van der Waals surface area contributed by atoms with Gasteiger partial charge in [0.25, 0.3) is 5.91 Å². The van der Waals surface area contributed by atoms with Crippen LogP contribution in [0.5, 0.6) is 0 Å².